The highest BCUT2D eigenvalue weighted by atomic mass is 15.4. The van der Waals surface area contributed by atoms with Gasteiger partial charge < -0.3 is 0 Å². The number of piperidine rings is 1. The SMILES string of the molecule is Cc1ncc(CN2CCC(Cn3ccnn3)CC2)n1-c1ccccc1. The second-order valence-corrected chi connectivity index (χ2v) is 6.81. The van der Waals surface area contributed by atoms with Gasteiger partial charge in [-0.3, -0.25) is 14.1 Å². The first-order valence-corrected chi connectivity index (χ1v) is 8.94. The van der Waals surface area contributed by atoms with Crippen LogP contribution in [-0.2, 0) is 13.1 Å². The van der Waals surface area contributed by atoms with Crippen molar-refractivity contribution in [3.05, 3.63) is 60.4 Å². The third-order valence-corrected chi connectivity index (χ3v) is 5.04. The minimum Gasteiger partial charge on any atom is -0.300 e. The fourth-order valence-electron chi connectivity index (χ4n) is 3.68. The van der Waals surface area contributed by atoms with E-state index in [4.69, 9.17) is 0 Å². The predicted molar refractivity (Wildman–Crippen MR) is 96.3 cm³/mol. The molecule has 2 aromatic heterocycles. The van der Waals surface area contributed by atoms with Gasteiger partial charge in [0.25, 0.3) is 0 Å². The van der Waals surface area contributed by atoms with E-state index < -0.39 is 0 Å². The second-order valence-electron chi connectivity index (χ2n) is 6.81. The zero-order chi connectivity index (χ0) is 17.1. The second kappa shape index (κ2) is 7.19. The highest BCUT2D eigenvalue weighted by molar-refractivity contribution is 5.35. The quantitative estimate of drug-likeness (QED) is 0.719. The van der Waals surface area contributed by atoms with E-state index in [2.05, 4.69) is 62.0 Å². The summed E-state index contributed by atoms with van der Waals surface area (Å²) in [5, 5.41) is 7.98. The monoisotopic (exact) mass is 336 g/mol. The molecule has 0 bridgehead atoms. The highest BCUT2D eigenvalue weighted by Crippen LogP contribution is 2.22. The number of imidazole rings is 1. The summed E-state index contributed by atoms with van der Waals surface area (Å²) in [5.74, 6) is 1.74. The molecule has 3 aromatic rings. The molecule has 1 aliphatic heterocycles. The van der Waals surface area contributed by atoms with E-state index in [0.717, 1.165) is 32.0 Å². The van der Waals surface area contributed by atoms with Gasteiger partial charge in [-0.1, -0.05) is 23.4 Å². The zero-order valence-electron chi connectivity index (χ0n) is 14.6. The first-order chi connectivity index (χ1) is 12.3. The summed E-state index contributed by atoms with van der Waals surface area (Å²) < 4.78 is 4.22. The molecule has 1 aliphatic rings. The molecule has 0 radical (unpaired) electrons. The Morgan fingerprint density at radius 2 is 1.92 bits per heavy atom. The summed E-state index contributed by atoms with van der Waals surface area (Å²) in [7, 11) is 0. The van der Waals surface area contributed by atoms with Gasteiger partial charge in [-0.05, 0) is 50.9 Å². The van der Waals surface area contributed by atoms with Gasteiger partial charge in [-0.15, -0.1) is 5.10 Å². The van der Waals surface area contributed by atoms with Crippen molar-refractivity contribution < 1.29 is 0 Å². The van der Waals surface area contributed by atoms with Crippen molar-refractivity contribution in [3.8, 4) is 5.69 Å². The molecule has 6 nitrogen and oxygen atoms in total. The van der Waals surface area contributed by atoms with Gasteiger partial charge in [0, 0.05) is 25.0 Å². The van der Waals surface area contributed by atoms with Crippen molar-refractivity contribution in [2.24, 2.45) is 5.92 Å². The van der Waals surface area contributed by atoms with Crippen molar-refractivity contribution >= 4 is 0 Å². The van der Waals surface area contributed by atoms with Crippen LogP contribution in [0, 0.1) is 12.8 Å². The molecule has 1 fully saturated rings. The lowest BCUT2D eigenvalue weighted by molar-refractivity contribution is 0.162. The average Bonchev–Trinajstić information content (AvgIpc) is 3.27. The van der Waals surface area contributed by atoms with Crippen molar-refractivity contribution in [2.75, 3.05) is 13.1 Å². The van der Waals surface area contributed by atoms with Gasteiger partial charge in [-0.25, -0.2) is 4.98 Å². The maximum absolute atomic E-state index is 4.54. The summed E-state index contributed by atoms with van der Waals surface area (Å²) in [6.07, 6.45) is 8.14. The number of hydrogen-bond donors (Lipinski definition) is 0. The summed E-state index contributed by atoms with van der Waals surface area (Å²) >= 11 is 0. The van der Waals surface area contributed by atoms with Crippen molar-refractivity contribution in [1.82, 2.24) is 29.4 Å². The fraction of sp³-hybridized carbons (Fsp3) is 0.421. The van der Waals surface area contributed by atoms with E-state index in [0.29, 0.717) is 5.92 Å². The molecule has 6 heteroatoms. The Balaban J connectivity index is 1.39. The van der Waals surface area contributed by atoms with Crippen LogP contribution in [0.15, 0.2) is 48.9 Å². The van der Waals surface area contributed by atoms with E-state index in [1.807, 2.05) is 17.1 Å². The van der Waals surface area contributed by atoms with Crippen LogP contribution in [0.4, 0.5) is 0 Å². The van der Waals surface area contributed by atoms with Gasteiger partial charge in [0.1, 0.15) is 5.82 Å². The molecule has 0 amide bonds. The Kier molecular flexibility index (Phi) is 4.61. The molecular weight excluding hydrogens is 312 g/mol. The van der Waals surface area contributed by atoms with E-state index in [-0.39, 0.29) is 0 Å². The van der Waals surface area contributed by atoms with Crippen molar-refractivity contribution in [3.63, 3.8) is 0 Å². The molecule has 0 atom stereocenters. The van der Waals surface area contributed by atoms with Crippen LogP contribution in [0.25, 0.3) is 5.69 Å². The molecule has 1 saturated heterocycles. The Morgan fingerprint density at radius 1 is 1.12 bits per heavy atom. The third-order valence-electron chi connectivity index (χ3n) is 5.04. The molecule has 4 rings (SSSR count). The molecular formula is C19H24N6. The largest absolute Gasteiger partial charge is 0.300 e. The molecule has 25 heavy (non-hydrogen) atoms. The summed E-state index contributed by atoms with van der Waals surface area (Å²) in [6, 6.07) is 10.5. The maximum Gasteiger partial charge on any atom is 0.110 e. The van der Waals surface area contributed by atoms with Crippen LogP contribution in [-0.4, -0.2) is 42.5 Å². The lowest BCUT2D eigenvalue weighted by Crippen LogP contribution is -2.35. The van der Waals surface area contributed by atoms with Gasteiger partial charge >= 0.3 is 0 Å². The van der Waals surface area contributed by atoms with Gasteiger partial charge in [0.05, 0.1) is 18.1 Å². The van der Waals surface area contributed by atoms with Gasteiger partial charge in [0.15, 0.2) is 0 Å². The van der Waals surface area contributed by atoms with E-state index in [9.17, 15) is 0 Å². The van der Waals surface area contributed by atoms with Crippen molar-refractivity contribution in [1.29, 1.82) is 0 Å². The zero-order valence-corrected chi connectivity index (χ0v) is 14.6. The van der Waals surface area contributed by atoms with Crippen molar-refractivity contribution in [2.45, 2.75) is 32.9 Å². The molecule has 0 saturated carbocycles. The van der Waals surface area contributed by atoms with Crippen LogP contribution < -0.4 is 0 Å². The Hall–Kier alpha value is -2.47. The van der Waals surface area contributed by atoms with Crippen LogP contribution in [0.1, 0.15) is 24.4 Å². The van der Waals surface area contributed by atoms with Crippen LogP contribution in [0.5, 0.6) is 0 Å². The number of para-hydroxylation sites is 1. The number of aryl methyl sites for hydroxylation is 1. The summed E-state index contributed by atoms with van der Waals surface area (Å²) in [5.41, 5.74) is 2.45. The minimum atomic E-state index is 0.693. The standard InChI is InChI=1S/C19H24N6/c1-16-20-13-19(25(16)18-5-3-2-4-6-18)15-23-10-7-17(8-11-23)14-24-12-9-21-22-24/h2-6,9,12-13,17H,7-8,10-11,14-15H2,1H3. The molecule has 1 aromatic carbocycles. The van der Waals surface area contributed by atoms with Gasteiger partial charge in [-0.2, -0.15) is 0 Å². The van der Waals surface area contributed by atoms with Crippen LogP contribution in [0.2, 0.25) is 0 Å². The average molecular weight is 336 g/mol. The minimum absolute atomic E-state index is 0.693. The third kappa shape index (κ3) is 3.64. The molecule has 3 heterocycles. The number of nitrogens with zero attached hydrogens (tertiary/aromatic N) is 6. The number of rotatable bonds is 5. The molecule has 130 valence electrons. The lowest BCUT2D eigenvalue weighted by Gasteiger charge is -2.31. The molecule has 0 spiro atoms. The molecule has 0 unspecified atom stereocenters. The summed E-state index contributed by atoms with van der Waals surface area (Å²) in [4.78, 5) is 7.08. The van der Waals surface area contributed by atoms with E-state index >= 15 is 0 Å². The smallest absolute Gasteiger partial charge is 0.110 e. The fourth-order valence-corrected chi connectivity index (χ4v) is 3.68. The first-order valence-electron chi connectivity index (χ1n) is 8.94. The molecule has 0 aliphatic carbocycles. The number of aromatic nitrogens is 5. The lowest BCUT2D eigenvalue weighted by atomic mass is 9.97. The number of benzene rings is 1. The van der Waals surface area contributed by atoms with E-state index in [1.165, 1.54) is 24.2 Å². The Morgan fingerprint density at radius 3 is 2.64 bits per heavy atom. The van der Waals surface area contributed by atoms with Crippen LogP contribution >= 0.6 is 0 Å². The predicted octanol–water partition coefficient (Wildman–Crippen LogP) is 2.68. The number of likely N-dealkylation sites (tertiary alicyclic amines) is 1. The summed E-state index contributed by atoms with van der Waals surface area (Å²) in [6.45, 7) is 6.25. The normalized spacial score (nSPS) is 16.4. The number of hydrogen-bond acceptors (Lipinski definition) is 4. The Bertz CT molecular complexity index is 785. The highest BCUT2D eigenvalue weighted by Gasteiger charge is 2.21. The Labute approximate surface area is 148 Å². The molecule has 0 N–H and O–H groups in total. The van der Waals surface area contributed by atoms with Gasteiger partial charge in [0.2, 0.25) is 0 Å². The van der Waals surface area contributed by atoms with Crippen LogP contribution in [0.3, 0.4) is 0 Å². The maximum atomic E-state index is 4.54. The first kappa shape index (κ1) is 16.0. The van der Waals surface area contributed by atoms with E-state index in [1.54, 1.807) is 6.20 Å². The topological polar surface area (TPSA) is 51.8 Å².